The Balaban J connectivity index is 0.00000329. The number of benzene rings is 3. The van der Waals surface area contributed by atoms with Crippen LogP contribution in [0.15, 0.2) is 72.9 Å². The van der Waals surface area contributed by atoms with Gasteiger partial charge in [-0.1, -0.05) is 50.2 Å². The van der Waals surface area contributed by atoms with Gasteiger partial charge in [0.15, 0.2) is 0 Å². The second-order valence-corrected chi connectivity index (χ2v) is 12.0. The number of nitrogens with zero attached hydrogens (tertiary/aromatic N) is 5. The van der Waals surface area contributed by atoms with Crippen molar-refractivity contribution in [1.82, 2.24) is 23.5 Å². The van der Waals surface area contributed by atoms with Gasteiger partial charge in [-0.05, 0) is 62.3 Å². The van der Waals surface area contributed by atoms with E-state index in [1.54, 1.807) is 0 Å². The predicted molar refractivity (Wildman–Crippen MR) is 168 cm³/mol. The topological polar surface area (TPSA) is 49.3 Å². The minimum absolute atomic E-state index is 0. The summed E-state index contributed by atoms with van der Waals surface area (Å²) in [4.78, 5) is 9.63. The Kier molecular flexibility index (Phi) is 7.09. The molecule has 218 valence electrons. The summed E-state index contributed by atoms with van der Waals surface area (Å²) in [5, 5.41) is 2.25. The maximum absolute atomic E-state index is 6.42. The predicted octanol–water partition coefficient (Wildman–Crippen LogP) is 8.54. The molecule has 0 bridgehead atoms. The second-order valence-electron chi connectivity index (χ2n) is 12.0. The van der Waals surface area contributed by atoms with Crippen molar-refractivity contribution in [2.24, 2.45) is 0 Å². The molecule has 0 saturated carbocycles. The van der Waals surface area contributed by atoms with Crippen molar-refractivity contribution in [3.8, 4) is 23.0 Å². The summed E-state index contributed by atoms with van der Waals surface area (Å²) >= 11 is 0. The van der Waals surface area contributed by atoms with Gasteiger partial charge in [-0.3, -0.25) is 4.40 Å². The molecule has 0 aliphatic heterocycles. The van der Waals surface area contributed by atoms with Gasteiger partial charge < -0.3 is 13.9 Å². The number of para-hydroxylation sites is 1. The average molecular weight is 747 g/mol. The number of hydrogen-bond acceptors (Lipinski definition) is 3. The molecule has 3 aromatic carbocycles. The monoisotopic (exact) mass is 746 g/mol. The fourth-order valence-electron chi connectivity index (χ4n) is 5.83. The summed E-state index contributed by atoms with van der Waals surface area (Å²) in [6.07, 6.45) is 1.89. The first kappa shape index (κ1) is 28.9. The van der Waals surface area contributed by atoms with Crippen LogP contribution < -0.4 is 4.74 Å². The molecule has 6 nitrogen and oxygen atoms in total. The molecule has 4 heterocycles. The quantitative estimate of drug-likeness (QED) is 0.170. The molecule has 4 aromatic heterocycles. The fraction of sp³-hybridized carbons (Fsp3) is 0.222. The van der Waals surface area contributed by atoms with Gasteiger partial charge in [0, 0.05) is 40.3 Å². The summed E-state index contributed by atoms with van der Waals surface area (Å²) in [5.41, 5.74) is 8.58. The van der Waals surface area contributed by atoms with E-state index in [2.05, 4.69) is 110 Å². The van der Waals surface area contributed by atoms with E-state index in [1.807, 2.05) is 37.4 Å². The molecular weight excluding hydrogens is 714 g/mol. The van der Waals surface area contributed by atoms with Crippen molar-refractivity contribution in [3.05, 3.63) is 113 Å². The minimum atomic E-state index is 0. The van der Waals surface area contributed by atoms with Crippen molar-refractivity contribution in [3.63, 3.8) is 0 Å². The summed E-state index contributed by atoms with van der Waals surface area (Å²) in [7, 11) is 0. The number of rotatable bonds is 4. The third-order valence-electron chi connectivity index (χ3n) is 8.33. The van der Waals surface area contributed by atoms with Gasteiger partial charge in [0.05, 0.1) is 5.69 Å². The largest absolute Gasteiger partial charge is 2.00 e. The van der Waals surface area contributed by atoms with Crippen molar-refractivity contribution >= 4 is 27.6 Å². The van der Waals surface area contributed by atoms with Gasteiger partial charge in [-0.15, -0.1) is 35.7 Å². The smallest absolute Gasteiger partial charge is 0.509 e. The maximum Gasteiger partial charge on any atom is 2.00 e. The molecule has 0 saturated heterocycles. The number of imidazole rings is 2. The molecule has 0 amide bonds. The van der Waals surface area contributed by atoms with Gasteiger partial charge in [0.2, 0.25) is 5.78 Å². The standard InChI is InChI=1S/C36H33N5O.Pt/c1-22-23(2)39-24(3)25(4)40(35(39)38-22)27-11-10-12-28(20-27)42-29-15-16-31-30-13-8-9-14-32(30)41(33(31)21-29)34-19-26(17-18-37-34)36(5,6)7;/h8-19H,1-7H3;/q-2;+2. The zero-order valence-corrected chi connectivity index (χ0v) is 27.7. The molecule has 0 atom stereocenters. The van der Waals surface area contributed by atoms with Gasteiger partial charge in [0.1, 0.15) is 5.82 Å². The van der Waals surface area contributed by atoms with E-state index in [0.29, 0.717) is 11.5 Å². The van der Waals surface area contributed by atoms with E-state index in [9.17, 15) is 0 Å². The molecule has 0 unspecified atom stereocenters. The van der Waals surface area contributed by atoms with Crippen LogP contribution in [0.4, 0.5) is 0 Å². The van der Waals surface area contributed by atoms with E-state index in [0.717, 1.165) is 56.2 Å². The molecule has 0 fully saturated rings. The number of aromatic nitrogens is 5. The van der Waals surface area contributed by atoms with E-state index >= 15 is 0 Å². The summed E-state index contributed by atoms with van der Waals surface area (Å²) in [5.74, 6) is 2.98. The third-order valence-corrected chi connectivity index (χ3v) is 8.33. The van der Waals surface area contributed by atoms with Crippen LogP contribution >= 0.6 is 0 Å². The number of ether oxygens (including phenoxy) is 1. The molecule has 43 heavy (non-hydrogen) atoms. The van der Waals surface area contributed by atoms with Crippen molar-refractivity contribution in [2.45, 2.75) is 53.9 Å². The first-order chi connectivity index (χ1) is 20.1. The van der Waals surface area contributed by atoms with Crippen molar-refractivity contribution < 1.29 is 25.8 Å². The van der Waals surface area contributed by atoms with Crippen LogP contribution in [0, 0.1) is 39.8 Å². The number of pyridine rings is 1. The van der Waals surface area contributed by atoms with E-state index in [1.165, 1.54) is 11.3 Å². The second kappa shape index (κ2) is 10.5. The Morgan fingerprint density at radius 1 is 0.744 bits per heavy atom. The number of aryl methyl sites for hydroxylation is 3. The van der Waals surface area contributed by atoms with Crippen molar-refractivity contribution in [1.29, 1.82) is 0 Å². The number of fused-ring (bicyclic) bond motifs is 4. The van der Waals surface area contributed by atoms with Gasteiger partial charge in [0.25, 0.3) is 0 Å². The fourth-order valence-corrected chi connectivity index (χ4v) is 5.83. The molecule has 0 radical (unpaired) electrons. The number of hydrogen-bond donors (Lipinski definition) is 0. The SMILES string of the molecule is Cc1nc2n(-c3[c-]c(Oc4[c-]c5c(cc4)c4ccccc4n5-c4cc(C(C)(C)C)ccn4)ccc3)c(C)c(C)n2c1C.[Pt+2]. The average Bonchev–Trinajstić information content (AvgIpc) is 3.54. The molecule has 7 rings (SSSR count). The van der Waals surface area contributed by atoms with Gasteiger partial charge in [-0.2, -0.15) is 12.1 Å². The summed E-state index contributed by atoms with van der Waals surface area (Å²) < 4.78 is 12.9. The van der Waals surface area contributed by atoms with Crippen LogP contribution in [-0.4, -0.2) is 23.5 Å². The molecular formula is C36H33N5OPt. The first-order valence-corrected chi connectivity index (χ1v) is 14.3. The van der Waals surface area contributed by atoms with Crippen LogP contribution in [0.3, 0.4) is 0 Å². The van der Waals surface area contributed by atoms with Crippen molar-refractivity contribution in [2.75, 3.05) is 0 Å². The maximum atomic E-state index is 6.42. The molecule has 0 N–H and O–H groups in total. The van der Waals surface area contributed by atoms with E-state index in [-0.39, 0.29) is 26.5 Å². The van der Waals surface area contributed by atoms with Crippen LogP contribution in [0.5, 0.6) is 11.5 Å². The first-order valence-electron chi connectivity index (χ1n) is 14.3. The molecule has 0 aliphatic rings. The van der Waals surface area contributed by atoms with Crippen LogP contribution in [0.1, 0.15) is 49.1 Å². The molecule has 0 spiro atoms. The summed E-state index contributed by atoms with van der Waals surface area (Å²) in [6.45, 7) is 15.1. The van der Waals surface area contributed by atoms with Crippen LogP contribution in [0.25, 0.3) is 39.1 Å². The Bertz CT molecular complexity index is 2160. The Hall–Kier alpha value is -4.15. The van der Waals surface area contributed by atoms with Crippen LogP contribution in [-0.2, 0) is 26.5 Å². The summed E-state index contributed by atoms with van der Waals surface area (Å²) in [6, 6.07) is 29.8. The zero-order valence-electron chi connectivity index (χ0n) is 25.4. The normalized spacial score (nSPS) is 11.9. The van der Waals surface area contributed by atoms with Crippen LogP contribution in [0.2, 0.25) is 0 Å². The third kappa shape index (κ3) is 4.69. The Morgan fingerprint density at radius 2 is 1.51 bits per heavy atom. The molecule has 7 heteroatoms. The minimum Gasteiger partial charge on any atom is -0.509 e. The molecule has 0 aliphatic carbocycles. The van der Waals surface area contributed by atoms with E-state index < -0.39 is 0 Å². The zero-order chi connectivity index (χ0) is 29.3. The Morgan fingerprint density at radius 3 is 2.30 bits per heavy atom. The van der Waals surface area contributed by atoms with Gasteiger partial charge >= 0.3 is 21.1 Å². The van der Waals surface area contributed by atoms with E-state index in [4.69, 9.17) is 14.7 Å². The van der Waals surface area contributed by atoms with Gasteiger partial charge in [-0.25, -0.2) is 9.97 Å². The Labute approximate surface area is 266 Å². The molecule has 7 aromatic rings.